The number of aromatic nitrogens is 3. The predicted octanol–water partition coefficient (Wildman–Crippen LogP) is 3.17. The molecule has 3 aromatic heterocycles. The average molecular weight is 243 g/mol. The lowest BCUT2D eigenvalue weighted by molar-refractivity contribution is 0.431. The fraction of sp³-hybridized carbons (Fsp3) is 0.0833. The van der Waals surface area contributed by atoms with Gasteiger partial charge in [-0.15, -0.1) is 11.3 Å². The SMILES string of the molecule is Cc1ccc(-c2noc(-c3ccccn3)n2)s1. The lowest BCUT2D eigenvalue weighted by Crippen LogP contribution is -1.81. The zero-order valence-corrected chi connectivity index (χ0v) is 9.94. The third-order valence-corrected chi connectivity index (χ3v) is 3.27. The van der Waals surface area contributed by atoms with Crippen molar-refractivity contribution < 1.29 is 4.52 Å². The minimum Gasteiger partial charge on any atom is -0.332 e. The first-order chi connectivity index (χ1) is 8.33. The molecule has 17 heavy (non-hydrogen) atoms. The summed E-state index contributed by atoms with van der Waals surface area (Å²) < 4.78 is 5.20. The molecule has 3 heterocycles. The van der Waals surface area contributed by atoms with E-state index in [0.717, 1.165) is 4.88 Å². The minimum absolute atomic E-state index is 0.451. The summed E-state index contributed by atoms with van der Waals surface area (Å²) in [6.07, 6.45) is 1.70. The Labute approximate surface area is 102 Å². The van der Waals surface area contributed by atoms with Gasteiger partial charge in [0.25, 0.3) is 5.89 Å². The lowest BCUT2D eigenvalue weighted by Gasteiger charge is -1.89. The van der Waals surface area contributed by atoms with E-state index in [4.69, 9.17) is 4.52 Å². The van der Waals surface area contributed by atoms with E-state index in [1.165, 1.54) is 4.88 Å². The fourth-order valence-electron chi connectivity index (χ4n) is 1.47. The summed E-state index contributed by atoms with van der Waals surface area (Å²) in [7, 11) is 0. The largest absolute Gasteiger partial charge is 0.332 e. The molecular weight excluding hydrogens is 234 g/mol. The smallest absolute Gasteiger partial charge is 0.276 e. The normalized spacial score (nSPS) is 10.6. The number of rotatable bonds is 2. The summed E-state index contributed by atoms with van der Waals surface area (Å²) in [6, 6.07) is 9.62. The number of aryl methyl sites for hydroxylation is 1. The van der Waals surface area contributed by atoms with Crippen LogP contribution >= 0.6 is 11.3 Å². The van der Waals surface area contributed by atoms with Crippen LogP contribution in [0.4, 0.5) is 0 Å². The molecule has 5 heteroatoms. The molecular formula is C12H9N3OS. The zero-order chi connectivity index (χ0) is 11.7. The Morgan fingerprint density at radius 1 is 1.18 bits per heavy atom. The molecule has 84 valence electrons. The predicted molar refractivity (Wildman–Crippen MR) is 65.6 cm³/mol. The third kappa shape index (κ3) is 1.97. The Kier molecular flexibility index (Phi) is 2.45. The summed E-state index contributed by atoms with van der Waals surface area (Å²) in [4.78, 5) is 10.7. The van der Waals surface area contributed by atoms with E-state index in [2.05, 4.69) is 15.1 Å². The quantitative estimate of drug-likeness (QED) is 0.693. The molecule has 0 atom stereocenters. The first-order valence-corrected chi connectivity index (χ1v) is 5.96. The topological polar surface area (TPSA) is 51.8 Å². The fourth-order valence-corrected chi connectivity index (χ4v) is 2.26. The van der Waals surface area contributed by atoms with Gasteiger partial charge in [-0.05, 0) is 31.2 Å². The molecule has 4 nitrogen and oxygen atoms in total. The summed E-state index contributed by atoms with van der Waals surface area (Å²) in [5.41, 5.74) is 0.694. The van der Waals surface area contributed by atoms with Crippen LogP contribution in [0.3, 0.4) is 0 Å². The van der Waals surface area contributed by atoms with Crippen molar-refractivity contribution in [3.63, 3.8) is 0 Å². The maximum atomic E-state index is 5.20. The molecule has 0 spiro atoms. The first-order valence-electron chi connectivity index (χ1n) is 5.15. The minimum atomic E-state index is 0.451. The maximum absolute atomic E-state index is 5.20. The summed E-state index contributed by atoms with van der Waals surface area (Å²) in [5, 5.41) is 3.96. The third-order valence-electron chi connectivity index (χ3n) is 2.27. The summed E-state index contributed by atoms with van der Waals surface area (Å²) in [6.45, 7) is 2.05. The van der Waals surface area contributed by atoms with Crippen molar-refractivity contribution in [3.05, 3.63) is 41.4 Å². The van der Waals surface area contributed by atoms with Crippen LogP contribution in [0.1, 0.15) is 4.88 Å². The number of nitrogens with zero attached hydrogens (tertiary/aromatic N) is 3. The van der Waals surface area contributed by atoms with Gasteiger partial charge in [-0.25, -0.2) is 0 Å². The molecule has 0 radical (unpaired) electrons. The highest BCUT2D eigenvalue weighted by Gasteiger charge is 2.12. The molecule has 0 aliphatic rings. The van der Waals surface area contributed by atoms with Gasteiger partial charge in [0.1, 0.15) is 5.69 Å². The van der Waals surface area contributed by atoms with E-state index in [-0.39, 0.29) is 0 Å². The van der Waals surface area contributed by atoms with Crippen molar-refractivity contribution in [3.8, 4) is 22.3 Å². The van der Waals surface area contributed by atoms with Crippen molar-refractivity contribution in [1.82, 2.24) is 15.1 Å². The molecule has 0 aromatic carbocycles. The second kappa shape index (κ2) is 4.10. The Hall–Kier alpha value is -2.01. The lowest BCUT2D eigenvalue weighted by atomic mass is 10.3. The molecule has 0 aliphatic carbocycles. The molecule has 0 fully saturated rings. The Morgan fingerprint density at radius 2 is 2.12 bits per heavy atom. The Balaban J connectivity index is 1.99. The maximum Gasteiger partial charge on any atom is 0.276 e. The molecule has 0 N–H and O–H groups in total. The molecule has 0 amide bonds. The zero-order valence-electron chi connectivity index (χ0n) is 9.12. The van der Waals surface area contributed by atoms with E-state index < -0.39 is 0 Å². The van der Waals surface area contributed by atoms with E-state index >= 15 is 0 Å². The highest BCUT2D eigenvalue weighted by molar-refractivity contribution is 7.15. The monoisotopic (exact) mass is 243 g/mol. The summed E-state index contributed by atoms with van der Waals surface area (Å²) in [5.74, 6) is 1.07. The van der Waals surface area contributed by atoms with Crippen LogP contribution < -0.4 is 0 Å². The van der Waals surface area contributed by atoms with E-state index in [1.807, 2.05) is 37.3 Å². The molecule has 0 saturated carbocycles. The van der Waals surface area contributed by atoms with Crippen LogP contribution in [-0.2, 0) is 0 Å². The Morgan fingerprint density at radius 3 is 2.82 bits per heavy atom. The molecule has 0 aliphatic heterocycles. The number of hydrogen-bond acceptors (Lipinski definition) is 5. The second-order valence-electron chi connectivity index (χ2n) is 3.55. The van der Waals surface area contributed by atoms with Gasteiger partial charge in [0.05, 0.1) is 4.88 Å². The molecule has 0 bridgehead atoms. The van der Waals surface area contributed by atoms with Gasteiger partial charge in [0, 0.05) is 11.1 Å². The van der Waals surface area contributed by atoms with Crippen LogP contribution in [0.2, 0.25) is 0 Å². The molecule has 0 unspecified atom stereocenters. The van der Waals surface area contributed by atoms with Gasteiger partial charge in [-0.1, -0.05) is 11.2 Å². The van der Waals surface area contributed by atoms with Crippen LogP contribution in [0.5, 0.6) is 0 Å². The van der Waals surface area contributed by atoms with Crippen LogP contribution in [0, 0.1) is 6.92 Å². The van der Waals surface area contributed by atoms with Gasteiger partial charge in [0.2, 0.25) is 5.82 Å². The average Bonchev–Trinajstić information content (AvgIpc) is 2.98. The molecule has 3 aromatic rings. The summed E-state index contributed by atoms with van der Waals surface area (Å²) >= 11 is 1.64. The van der Waals surface area contributed by atoms with E-state index in [0.29, 0.717) is 17.4 Å². The Bertz CT molecular complexity index is 630. The van der Waals surface area contributed by atoms with Gasteiger partial charge >= 0.3 is 0 Å². The van der Waals surface area contributed by atoms with Crippen molar-refractivity contribution >= 4 is 11.3 Å². The van der Waals surface area contributed by atoms with Crippen LogP contribution in [0.15, 0.2) is 41.1 Å². The van der Waals surface area contributed by atoms with Crippen molar-refractivity contribution in [2.45, 2.75) is 6.92 Å². The molecule has 3 rings (SSSR count). The van der Waals surface area contributed by atoms with Gasteiger partial charge < -0.3 is 4.52 Å². The van der Waals surface area contributed by atoms with Crippen LogP contribution in [-0.4, -0.2) is 15.1 Å². The number of thiophene rings is 1. The first kappa shape index (κ1) is 10.2. The van der Waals surface area contributed by atoms with Gasteiger partial charge in [-0.3, -0.25) is 4.98 Å². The highest BCUT2D eigenvalue weighted by Crippen LogP contribution is 2.26. The van der Waals surface area contributed by atoms with Gasteiger partial charge in [-0.2, -0.15) is 4.98 Å². The standard InChI is InChI=1S/C12H9N3OS/c1-8-5-6-10(17-8)11-14-12(16-15-11)9-4-2-3-7-13-9/h2-7H,1H3. The van der Waals surface area contributed by atoms with Crippen molar-refractivity contribution in [2.75, 3.05) is 0 Å². The van der Waals surface area contributed by atoms with Crippen LogP contribution in [0.25, 0.3) is 22.3 Å². The highest BCUT2D eigenvalue weighted by atomic mass is 32.1. The van der Waals surface area contributed by atoms with Crippen molar-refractivity contribution in [2.24, 2.45) is 0 Å². The van der Waals surface area contributed by atoms with E-state index in [9.17, 15) is 0 Å². The van der Waals surface area contributed by atoms with E-state index in [1.54, 1.807) is 17.5 Å². The van der Waals surface area contributed by atoms with Gasteiger partial charge in [0.15, 0.2) is 0 Å². The number of pyridine rings is 1. The van der Waals surface area contributed by atoms with Crippen molar-refractivity contribution in [1.29, 1.82) is 0 Å². The number of hydrogen-bond donors (Lipinski definition) is 0. The molecule has 0 saturated heterocycles. The second-order valence-corrected chi connectivity index (χ2v) is 4.84.